The monoisotopic (exact) mass is 247 g/mol. The van der Waals surface area contributed by atoms with E-state index in [0.29, 0.717) is 6.10 Å². The first kappa shape index (κ1) is 13.4. The molecule has 1 aliphatic rings. The van der Waals surface area contributed by atoms with Gasteiger partial charge in [-0.05, 0) is 52.2 Å². The van der Waals surface area contributed by atoms with Gasteiger partial charge in [-0.25, -0.2) is 0 Å². The summed E-state index contributed by atoms with van der Waals surface area (Å²) >= 11 is 0. The van der Waals surface area contributed by atoms with Gasteiger partial charge in [-0.2, -0.15) is 0 Å². The van der Waals surface area contributed by atoms with Crippen molar-refractivity contribution in [2.75, 3.05) is 13.1 Å². The Kier molecular flexibility index (Phi) is 3.96. The van der Waals surface area contributed by atoms with Crippen molar-refractivity contribution in [2.45, 2.75) is 52.2 Å². The Bertz CT molecular complexity index is 386. The molecule has 1 heterocycles. The van der Waals surface area contributed by atoms with E-state index < -0.39 is 0 Å². The summed E-state index contributed by atoms with van der Waals surface area (Å²) < 4.78 is 6.12. The third kappa shape index (κ3) is 3.26. The molecule has 0 amide bonds. The molecule has 0 bridgehead atoms. The van der Waals surface area contributed by atoms with E-state index in [1.165, 1.54) is 5.56 Å². The fraction of sp³-hybridized carbons (Fsp3) is 0.625. The summed E-state index contributed by atoms with van der Waals surface area (Å²) in [6.45, 7) is 11.3. The number of piperidine rings is 1. The fourth-order valence-corrected chi connectivity index (χ4v) is 2.51. The zero-order valence-corrected chi connectivity index (χ0v) is 12.1. The highest BCUT2D eigenvalue weighted by Crippen LogP contribution is 2.25. The summed E-state index contributed by atoms with van der Waals surface area (Å²) in [6, 6.07) is 8.29. The number of aryl methyl sites for hydroxylation is 1. The zero-order chi connectivity index (χ0) is 13.2. The molecule has 0 radical (unpaired) electrons. The lowest BCUT2D eigenvalue weighted by atomic mass is 9.99. The van der Waals surface area contributed by atoms with Crippen LogP contribution in [0.1, 0.15) is 39.2 Å². The Hall–Kier alpha value is -1.02. The maximum absolute atomic E-state index is 6.12. The van der Waals surface area contributed by atoms with Crippen LogP contribution >= 0.6 is 0 Å². The standard InChI is InChI=1S/C16H25NO/c1-13-7-5-6-8-15(13)18-14-9-11-17(12-10-14)16(2,3)4/h5-8,14H,9-12H2,1-4H3. The highest BCUT2D eigenvalue weighted by Gasteiger charge is 2.27. The Balaban J connectivity index is 1.90. The second kappa shape index (κ2) is 5.31. The van der Waals surface area contributed by atoms with Gasteiger partial charge >= 0.3 is 0 Å². The van der Waals surface area contributed by atoms with Crippen molar-refractivity contribution in [2.24, 2.45) is 0 Å². The van der Waals surface area contributed by atoms with Gasteiger partial charge in [0.05, 0.1) is 0 Å². The van der Waals surface area contributed by atoms with Crippen LogP contribution < -0.4 is 4.74 Å². The SMILES string of the molecule is Cc1ccccc1OC1CCN(C(C)(C)C)CC1. The largest absolute Gasteiger partial charge is 0.490 e. The topological polar surface area (TPSA) is 12.5 Å². The van der Waals surface area contributed by atoms with Gasteiger partial charge in [0.1, 0.15) is 11.9 Å². The average molecular weight is 247 g/mol. The third-order valence-electron chi connectivity index (χ3n) is 3.78. The first-order valence-corrected chi connectivity index (χ1v) is 6.94. The van der Waals surface area contributed by atoms with E-state index >= 15 is 0 Å². The van der Waals surface area contributed by atoms with Gasteiger partial charge in [-0.3, -0.25) is 4.90 Å². The van der Waals surface area contributed by atoms with Crippen molar-refractivity contribution < 1.29 is 4.74 Å². The third-order valence-corrected chi connectivity index (χ3v) is 3.78. The number of likely N-dealkylation sites (tertiary alicyclic amines) is 1. The van der Waals surface area contributed by atoms with Gasteiger partial charge in [0.25, 0.3) is 0 Å². The lowest BCUT2D eigenvalue weighted by Gasteiger charge is -2.40. The summed E-state index contributed by atoms with van der Waals surface area (Å²) in [5.41, 5.74) is 1.52. The summed E-state index contributed by atoms with van der Waals surface area (Å²) in [6.07, 6.45) is 2.64. The van der Waals surface area contributed by atoms with Gasteiger partial charge < -0.3 is 4.74 Å². The number of hydrogen-bond donors (Lipinski definition) is 0. The predicted octanol–water partition coefficient (Wildman–Crippen LogP) is 3.64. The summed E-state index contributed by atoms with van der Waals surface area (Å²) in [7, 11) is 0. The van der Waals surface area contributed by atoms with Crippen molar-refractivity contribution in [3.8, 4) is 5.75 Å². The van der Waals surface area contributed by atoms with Crippen molar-refractivity contribution >= 4 is 0 Å². The second-order valence-corrected chi connectivity index (χ2v) is 6.24. The first-order chi connectivity index (χ1) is 8.47. The van der Waals surface area contributed by atoms with Gasteiger partial charge in [0.15, 0.2) is 0 Å². The van der Waals surface area contributed by atoms with Gasteiger partial charge in [-0.15, -0.1) is 0 Å². The maximum Gasteiger partial charge on any atom is 0.122 e. The van der Waals surface area contributed by atoms with Crippen LogP contribution in [0, 0.1) is 6.92 Å². The Morgan fingerprint density at radius 1 is 1.11 bits per heavy atom. The van der Waals surface area contributed by atoms with Crippen LogP contribution in [0.2, 0.25) is 0 Å². The molecule has 0 aliphatic carbocycles. The van der Waals surface area contributed by atoms with E-state index in [-0.39, 0.29) is 5.54 Å². The molecule has 0 saturated carbocycles. The first-order valence-electron chi connectivity index (χ1n) is 6.94. The predicted molar refractivity (Wildman–Crippen MR) is 76.2 cm³/mol. The molecular formula is C16H25NO. The molecule has 0 N–H and O–H groups in total. The smallest absolute Gasteiger partial charge is 0.122 e. The molecule has 2 rings (SSSR count). The lowest BCUT2D eigenvalue weighted by Crippen LogP contribution is -2.48. The minimum Gasteiger partial charge on any atom is -0.490 e. The van der Waals surface area contributed by atoms with Crippen molar-refractivity contribution in [1.82, 2.24) is 4.90 Å². The van der Waals surface area contributed by atoms with Crippen LogP contribution in [-0.4, -0.2) is 29.6 Å². The normalized spacial score (nSPS) is 18.9. The Labute approximate surface area is 111 Å². The van der Waals surface area contributed by atoms with Crippen LogP contribution in [0.25, 0.3) is 0 Å². The highest BCUT2D eigenvalue weighted by molar-refractivity contribution is 5.31. The van der Waals surface area contributed by atoms with Crippen LogP contribution in [-0.2, 0) is 0 Å². The summed E-state index contributed by atoms with van der Waals surface area (Å²) in [5.74, 6) is 1.05. The van der Waals surface area contributed by atoms with Gasteiger partial charge in [-0.1, -0.05) is 18.2 Å². The average Bonchev–Trinajstić information content (AvgIpc) is 2.32. The molecule has 18 heavy (non-hydrogen) atoms. The van der Waals surface area contributed by atoms with Crippen LogP contribution in [0.15, 0.2) is 24.3 Å². The Morgan fingerprint density at radius 3 is 2.28 bits per heavy atom. The molecule has 2 heteroatoms. The van der Waals surface area contributed by atoms with Crippen LogP contribution in [0.4, 0.5) is 0 Å². The molecule has 2 nitrogen and oxygen atoms in total. The number of para-hydroxylation sites is 1. The zero-order valence-electron chi connectivity index (χ0n) is 12.1. The molecule has 0 aromatic heterocycles. The molecular weight excluding hydrogens is 222 g/mol. The minimum absolute atomic E-state index is 0.285. The number of rotatable bonds is 2. The second-order valence-electron chi connectivity index (χ2n) is 6.24. The van der Waals surface area contributed by atoms with E-state index in [1.54, 1.807) is 0 Å². The van der Waals surface area contributed by atoms with E-state index in [0.717, 1.165) is 31.7 Å². The number of hydrogen-bond acceptors (Lipinski definition) is 2. The maximum atomic E-state index is 6.12. The Morgan fingerprint density at radius 2 is 1.72 bits per heavy atom. The van der Waals surface area contributed by atoms with Crippen LogP contribution in [0.3, 0.4) is 0 Å². The molecule has 0 atom stereocenters. The van der Waals surface area contributed by atoms with Crippen molar-refractivity contribution in [3.05, 3.63) is 29.8 Å². The van der Waals surface area contributed by atoms with E-state index in [1.807, 2.05) is 6.07 Å². The lowest BCUT2D eigenvalue weighted by molar-refractivity contribution is 0.0489. The van der Waals surface area contributed by atoms with Crippen molar-refractivity contribution in [1.29, 1.82) is 0 Å². The quantitative estimate of drug-likeness (QED) is 0.791. The summed E-state index contributed by atoms with van der Waals surface area (Å²) in [5, 5.41) is 0. The molecule has 1 aliphatic heterocycles. The molecule has 100 valence electrons. The molecule has 0 unspecified atom stereocenters. The highest BCUT2D eigenvalue weighted by atomic mass is 16.5. The van der Waals surface area contributed by atoms with Crippen LogP contribution in [0.5, 0.6) is 5.75 Å². The van der Waals surface area contributed by atoms with E-state index in [9.17, 15) is 0 Å². The number of benzene rings is 1. The molecule has 1 saturated heterocycles. The van der Waals surface area contributed by atoms with Gasteiger partial charge in [0.2, 0.25) is 0 Å². The van der Waals surface area contributed by atoms with Gasteiger partial charge in [0, 0.05) is 18.6 Å². The molecule has 1 aromatic rings. The minimum atomic E-state index is 0.285. The number of ether oxygens (including phenoxy) is 1. The van der Waals surface area contributed by atoms with E-state index in [2.05, 4.69) is 50.8 Å². The van der Waals surface area contributed by atoms with E-state index in [4.69, 9.17) is 4.74 Å². The van der Waals surface area contributed by atoms with Crippen molar-refractivity contribution in [3.63, 3.8) is 0 Å². The summed E-state index contributed by atoms with van der Waals surface area (Å²) in [4.78, 5) is 2.55. The fourth-order valence-electron chi connectivity index (χ4n) is 2.51. The molecule has 1 fully saturated rings. The number of nitrogens with zero attached hydrogens (tertiary/aromatic N) is 1. The molecule has 1 aromatic carbocycles. The molecule has 0 spiro atoms.